The van der Waals surface area contributed by atoms with E-state index in [2.05, 4.69) is 0 Å². The van der Waals surface area contributed by atoms with Crippen molar-refractivity contribution in [1.82, 2.24) is 0 Å². The average molecular weight is 268 g/mol. The van der Waals surface area contributed by atoms with E-state index in [1.807, 2.05) is 0 Å². The van der Waals surface area contributed by atoms with E-state index in [1.165, 1.54) is 24.5 Å². The van der Waals surface area contributed by atoms with Crippen LogP contribution in [0.1, 0.15) is 5.56 Å². The van der Waals surface area contributed by atoms with Crippen molar-refractivity contribution in [3.8, 4) is 22.6 Å². The van der Waals surface area contributed by atoms with E-state index in [9.17, 15) is 15.0 Å². The topological polar surface area (TPSA) is 70.7 Å². The van der Waals surface area contributed by atoms with Gasteiger partial charge in [0.15, 0.2) is 0 Å². The number of aromatic hydroxyl groups is 2. The van der Waals surface area contributed by atoms with E-state index in [4.69, 9.17) is 4.42 Å². The quantitative estimate of drug-likeness (QED) is 0.711. The Hall–Kier alpha value is -2.75. The molecular formula is C16H12O4. The normalized spacial score (nSPS) is 10.8. The summed E-state index contributed by atoms with van der Waals surface area (Å²) in [4.78, 5) is 12.4. The van der Waals surface area contributed by atoms with Crippen LogP contribution < -0.4 is 5.43 Å². The van der Waals surface area contributed by atoms with Gasteiger partial charge in [-0.25, -0.2) is 0 Å². The molecule has 0 unspecified atom stereocenters. The van der Waals surface area contributed by atoms with Gasteiger partial charge in [-0.05, 0) is 42.3 Å². The van der Waals surface area contributed by atoms with Gasteiger partial charge in [0.25, 0.3) is 0 Å². The zero-order chi connectivity index (χ0) is 14.3. The van der Waals surface area contributed by atoms with Crippen LogP contribution in [-0.2, 0) is 0 Å². The van der Waals surface area contributed by atoms with Crippen molar-refractivity contribution in [1.29, 1.82) is 0 Å². The summed E-state index contributed by atoms with van der Waals surface area (Å²) >= 11 is 0. The number of phenolic OH excluding ortho intramolecular Hbond substituents is 2. The molecule has 0 atom stereocenters. The number of aryl methyl sites for hydroxylation is 1. The SMILES string of the molecule is Cc1cc2occ(-c3ccc(O)cc3)c(=O)c2cc1O. The van der Waals surface area contributed by atoms with Crippen LogP contribution in [0.3, 0.4) is 0 Å². The molecule has 4 heteroatoms. The Balaban J connectivity index is 2.28. The fourth-order valence-electron chi connectivity index (χ4n) is 2.11. The molecule has 0 fully saturated rings. The summed E-state index contributed by atoms with van der Waals surface area (Å²) in [6.45, 7) is 1.74. The summed E-state index contributed by atoms with van der Waals surface area (Å²) in [7, 11) is 0. The molecule has 3 rings (SSSR count). The van der Waals surface area contributed by atoms with E-state index in [0.29, 0.717) is 27.7 Å². The summed E-state index contributed by atoms with van der Waals surface area (Å²) in [6.07, 6.45) is 1.40. The number of hydrogen-bond donors (Lipinski definition) is 2. The Labute approximate surface area is 114 Å². The van der Waals surface area contributed by atoms with E-state index in [1.54, 1.807) is 25.1 Å². The molecular weight excluding hydrogens is 256 g/mol. The molecule has 0 aliphatic heterocycles. The number of fused-ring (bicyclic) bond motifs is 1. The van der Waals surface area contributed by atoms with E-state index in [-0.39, 0.29) is 16.9 Å². The molecule has 0 amide bonds. The average Bonchev–Trinajstić information content (AvgIpc) is 2.43. The van der Waals surface area contributed by atoms with Crippen molar-refractivity contribution in [2.75, 3.05) is 0 Å². The third kappa shape index (κ3) is 1.91. The first-order valence-corrected chi connectivity index (χ1v) is 6.11. The first kappa shape index (κ1) is 12.3. The van der Waals surface area contributed by atoms with Gasteiger partial charge in [0.2, 0.25) is 5.43 Å². The molecule has 0 saturated heterocycles. The molecule has 0 aliphatic rings. The van der Waals surface area contributed by atoms with E-state index >= 15 is 0 Å². The second kappa shape index (κ2) is 4.42. The predicted octanol–water partition coefficient (Wildman–Crippen LogP) is 3.18. The highest BCUT2D eigenvalue weighted by Gasteiger charge is 2.11. The minimum absolute atomic E-state index is 0.0626. The van der Waals surface area contributed by atoms with Gasteiger partial charge in [0.1, 0.15) is 23.3 Å². The minimum Gasteiger partial charge on any atom is -0.508 e. The predicted molar refractivity (Wildman–Crippen MR) is 76.0 cm³/mol. The van der Waals surface area contributed by atoms with Gasteiger partial charge in [-0.1, -0.05) is 12.1 Å². The van der Waals surface area contributed by atoms with Crippen LogP contribution in [-0.4, -0.2) is 10.2 Å². The maximum Gasteiger partial charge on any atom is 0.200 e. The molecule has 3 aromatic rings. The maximum atomic E-state index is 12.4. The van der Waals surface area contributed by atoms with Gasteiger partial charge in [0, 0.05) is 0 Å². The van der Waals surface area contributed by atoms with Crippen molar-refractivity contribution in [3.63, 3.8) is 0 Å². The second-order valence-electron chi connectivity index (χ2n) is 4.66. The van der Waals surface area contributed by atoms with Crippen LogP contribution >= 0.6 is 0 Å². The lowest BCUT2D eigenvalue weighted by Crippen LogP contribution is -2.04. The Morgan fingerprint density at radius 3 is 2.45 bits per heavy atom. The van der Waals surface area contributed by atoms with E-state index < -0.39 is 0 Å². The Bertz CT molecular complexity index is 845. The maximum absolute atomic E-state index is 12.4. The standard InChI is InChI=1S/C16H12O4/c1-9-6-15-12(7-14(9)18)16(19)13(8-20-15)10-2-4-11(17)5-3-10/h2-8,17-18H,1H3. The third-order valence-electron chi connectivity index (χ3n) is 3.27. The lowest BCUT2D eigenvalue weighted by atomic mass is 10.0. The lowest BCUT2D eigenvalue weighted by molar-refractivity contribution is 0.471. The molecule has 2 aromatic carbocycles. The molecule has 0 spiro atoms. The molecule has 1 heterocycles. The van der Waals surface area contributed by atoms with Crippen molar-refractivity contribution in [2.45, 2.75) is 6.92 Å². The molecule has 0 radical (unpaired) electrons. The Morgan fingerprint density at radius 1 is 1.05 bits per heavy atom. The molecule has 0 aliphatic carbocycles. The first-order chi connectivity index (χ1) is 9.56. The number of hydrogen-bond acceptors (Lipinski definition) is 4. The molecule has 4 nitrogen and oxygen atoms in total. The Kier molecular flexibility index (Phi) is 2.71. The van der Waals surface area contributed by atoms with Gasteiger partial charge in [-0.15, -0.1) is 0 Å². The van der Waals surface area contributed by atoms with Gasteiger partial charge in [0.05, 0.1) is 10.9 Å². The van der Waals surface area contributed by atoms with Gasteiger partial charge in [-0.3, -0.25) is 4.79 Å². The van der Waals surface area contributed by atoms with Gasteiger partial charge >= 0.3 is 0 Å². The minimum atomic E-state index is -0.216. The number of benzene rings is 2. The second-order valence-corrected chi connectivity index (χ2v) is 4.66. The zero-order valence-corrected chi connectivity index (χ0v) is 10.8. The van der Waals surface area contributed by atoms with Crippen LogP contribution in [0.4, 0.5) is 0 Å². The lowest BCUT2D eigenvalue weighted by Gasteiger charge is -2.05. The highest BCUT2D eigenvalue weighted by Crippen LogP contribution is 2.25. The largest absolute Gasteiger partial charge is 0.508 e. The smallest absolute Gasteiger partial charge is 0.200 e. The van der Waals surface area contributed by atoms with E-state index in [0.717, 1.165) is 0 Å². The summed E-state index contributed by atoms with van der Waals surface area (Å²) in [5.41, 5.74) is 1.91. The van der Waals surface area contributed by atoms with Crippen LogP contribution in [0.25, 0.3) is 22.1 Å². The molecule has 100 valence electrons. The number of phenols is 2. The summed E-state index contributed by atoms with van der Waals surface area (Å²) in [5, 5.41) is 19.3. The molecule has 2 N–H and O–H groups in total. The number of rotatable bonds is 1. The highest BCUT2D eigenvalue weighted by atomic mass is 16.3. The fourth-order valence-corrected chi connectivity index (χ4v) is 2.11. The summed E-state index contributed by atoms with van der Waals surface area (Å²) in [5.74, 6) is 0.194. The Morgan fingerprint density at radius 2 is 1.75 bits per heavy atom. The van der Waals surface area contributed by atoms with Crippen molar-refractivity contribution in [3.05, 3.63) is 58.4 Å². The van der Waals surface area contributed by atoms with Crippen LogP contribution in [0.5, 0.6) is 11.5 Å². The van der Waals surface area contributed by atoms with Gasteiger partial charge < -0.3 is 14.6 Å². The molecule has 20 heavy (non-hydrogen) atoms. The van der Waals surface area contributed by atoms with Crippen molar-refractivity contribution < 1.29 is 14.6 Å². The van der Waals surface area contributed by atoms with Crippen LogP contribution in [0.15, 0.2) is 51.9 Å². The van der Waals surface area contributed by atoms with Crippen LogP contribution in [0, 0.1) is 6.92 Å². The van der Waals surface area contributed by atoms with Crippen molar-refractivity contribution in [2.24, 2.45) is 0 Å². The highest BCUT2D eigenvalue weighted by molar-refractivity contribution is 5.83. The third-order valence-corrected chi connectivity index (χ3v) is 3.27. The monoisotopic (exact) mass is 268 g/mol. The summed E-state index contributed by atoms with van der Waals surface area (Å²) < 4.78 is 5.47. The first-order valence-electron chi connectivity index (χ1n) is 6.11. The summed E-state index contributed by atoms with van der Waals surface area (Å²) in [6, 6.07) is 9.34. The molecule has 0 bridgehead atoms. The molecule has 1 aromatic heterocycles. The van der Waals surface area contributed by atoms with Gasteiger partial charge in [-0.2, -0.15) is 0 Å². The fraction of sp³-hybridized carbons (Fsp3) is 0.0625. The molecule has 0 saturated carbocycles. The zero-order valence-electron chi connectivity index (χ0n) is 10.8. The van der Waals surface area contributed by atoms with Crippen molar-refractivity contribution >= 4 is 11.0 Å². The van der Waals surface area contributed by atoms with Crippen LogP contribution in [0.2, 0.25) is 0 Å².